The molecule has 0 saturated heterocycles. The van der Waals surface area contributed by atoms with Crippen LogP contribution in [0.1, 0.15) is 10.4 Å². The minimum absolute atomic E-state index is 0.0206. The molecule has 7 nitrogen and oxygen atoms in total. The number of amides is 1. The number of halogens is 4. The predicted molar refractivity (Wildman–Crippen MR) is 118 cm³/mol. The zero-order valence-corrected chi connectivity index (χ0v) is 17.7. The van der Waals surface area contributed by atoms with Crippen molar-refractivity contribution in [1.29, 1.82) is 0 Å². The summed E-state index contributed by atoms with van der Waals surface area (Å²) in [5, 5.41) is 3.61. The Labute approximate surface area is 189 Å². The molecule has 11 heteroatoms. The highest BCUT2D eigenvalue weighted by Crippen LogP contribution is 2.40. The van der Waals surface area contributed by atoms with Crippen molar-refractivity contribution in [1.82, 2.24) is 4.98 Å². The van der Waals surface area contributed by atoms with Crippen LogP contribution in [0.25, 0.3) is 21.9 Å². The molecule has 1 amide bonds. The fourth-order valence-corrected chi connectivity index (χ4v) is 3.59. The van der Waals surface area contributed by atoms with Crippen LogP contribution >= 0.6 is 23.2 Å². The highest BCUT2D eigenvalue weighted by molar-refractivity contribution is 6.40. The molecule has 0 saturated carbocycles. The number of pyridine rings is 1. The average molecular weight is 480 g/mol. The van der Waals surface area contributed by atoms with Gasteiger partial charge in [-0.1, -0.05) is 23.2 Å². The lowest BCUT2D eigenvalue weighted by Crippen LogP contribution is -2.13. The summed E-state index contributed by atoms with van der Waals surface area (Å²) in [5.41, 5.74) is 1.10. The minimum atomic E-state index is -3.08. The number of nitrogens with one attached hydrogen (secondary N) is 1. The van der Waals surface area contributed by atoms with Crippen molar-refractivity contribution >= 4 is 68.8 Å². The first kappa shape index (κ1) is 21.8. The van der Waals surface area contributed by atoms with Gasteiger partial charge in [-0.15, -0.1) is 0 Å². The first-order valence-electron chi connectivity index (χ1n) is 8.98. The molecule has 2 aromatic carbocycles. The maximum atomic E-state index is 13.1. The van der Waals surface area contributed by atoms with Crippen LogP contribution in [0.15, 0.2) is 52.1 Å². The van der Waals surface area contributed by atoms with Crippen LogP contribution in [0, 0.1) is 0 Å². The van der Waals surface area contributed by atoms with Crippen molar-refractivity contribution in [2.24, 2.45) is 4.99 Å². The standard InChI is InChI=1S/C21H13Cl2F2N3O4/c1-30-9-27-10-2-4-15-12(6-10)17-11(3-5-16(19(17)31-15)32-21(24)25)20(29)28-18-13(22)7-26-8-14(18)23/h2-9,21H,1H3,(H,26,28,29)/b27-9+. The van der Waals surface area contributed by atoms with Crippen molar-refractivity contribution in [2.75, 3.05) is 12.4 Å². The van der Waals surface area contributed by atoms with Crippen LogP contribution in [0.2, 0.25) is 10.0 Å². The number of rotatable bonds is 6. The Balaban J connectivity index is 1.91. The van der Waals surface area contributed by atoms with Gasteiger partial charge in [0.05, 0.1) is 34.1 Å². The molecule has 0 aliphatic rings. The van der Waals surface area contributed by atoms with E-state index in [2.05, 4.69) is 20.0 Å². The van der Waals surface area contributed by atoms with Gasteiger partial charge in [0.15, 0.2) is 17.7 Å². The monoisotopic (exact) mass is 479 g/mol. The lowest BCUT2D eigenvalue weighted by atomic mass is 10.0. The van der Waals surface area contributed by atoms with Gasteiger partial charge in [0.2, 0.25) is 0 Å². The molecule has 0 aliphatic carbocycles. The van der Waals surface area contributed by atoms with Crippen LogP contribution in [0.4, 0.5) is 20.2 Å². The molecular weight excluding hydrogens is 467 g/mol. The topological polar surface area (TPSA) is 86.0 Å². The zero-order valence-electron chi connectivity index (χ0n) is 16.2. The molecule has 0 bridgehead atoms. The number of anilines is 1. The number of hydrogen-bond acceptors (Lipinski definition) is 6. The highest BCUT2D eigenvalue weighted by atomic mass is 35.5. The van der Waals surface area contributed by atoms with Crippen LogP contribution in [0.5, 0.6) is 5.75 Å². The molecule has 164 valence electrons. The SMILES string of the molecule is CO/C=N/c1ccc2oc3c(OC(F)F)ccc(C(=O)Nc4c(Cl)cncc4Cl)c3c2c1. The maximum absolute atomic E-state index is 13.1. The van der Waals surface area contributed by atoms with E-state index < -0.39 is 12.5 Å². The molecule has 0 fully saturated rings. The number of furan rings is 1. The molecule has 2 heterocycles. The number of nitrogens with zero attached hydrogens (tertiary/aromatic N) is 2. The largest absolute Gasteiger partial charge is 0.486 e. The van der Waals surface area contributed by atoms with E-state index in [1.807, 2.05) is 0 Å². The van der Waals surface area contributed by atoms with Gasteiger partial charge in [-0.2, -0.15) is 8.78 Å². The first-order valence-corrected chi connectivity index (χ1v) is 9.74. The molecule has 32 heavy (non-hydrogen) atoms. The predicted octanol–water partition coefficient (Wildman–Crippen LogP) is 6.45. The van der Waals surface area contributed by atoms with Gasteiger partial charge >= 0.3 is 6.61 Å². The van der Waals surface area contributed by atoms with Crippen molar-refractivity contribution in [3.63, 3.8) is 0 Å². The van der Waals surface area contributed by atoms with Crippen molar-refractivity contribution in [3.8, 4) is 5.75 Å². The van der Waals surface area contributed by atoms with Gasteiger partial charge in [-0.05, 0) is 30.3 Å². The summed E-state index contributed by atoms with van der Waals surface area (Å²) in [7, 11) is 1.45. The van der Waals surface area contributed by atoms with Crippen LogP contribution in [-0.4, -0.2) is 31.0 Å². The Morgan fingerprint density at radius 1 is 1.22 bits per heavy atom. The van der Waals surface area contributed by atoms with E-state index >= 15 is 0 Å². The Morgan fingerprint density at radius 3 is 2.66 bits per heavy atom. The summed E-state index contributed by atoms with van der Waals surface area (Å²) in [6.45, 7) is -3.08. The minimum Gasteiger partial charge on any atom is -0.486 e. The second kappa shape index (κ2) is 8.97. The molecule has 0 atom stereocenters. The van der Waals surface area contributed by atoms with Crippen LogP contribution < -0.4 is 10.1 Å². The molecule has 4 aromatic rings. The van der Waals surface area contributed by atoms with Gasteiger partial charge in [0.25, 0.3) is 5.91 Å². The Morgan fingerprint density at radius 2 is 1.97 bits per heavy atom. The molecule has 0 radical (unpaired) electrons. The summed E-state index contributed by atoms with van der Waals surface area (Å²) >= 11 is 12.2. The lowest BCUT2D eigenvalue weighted by molar-refractivity contribution is -0.0493. The first-order chi connectivity index (χ1) is 15.4. The fourth-order valence-electron chi connectivity index (χ4n) is 3.13. The Bertz CT molecular complexity index is 1340. The number of ether oxygens (including phenoxy) is 2. The zero-order chi connectivity index (χ0) is 22.8. The number of methoxy groups -OCH3 is 1. The normalized spacial score (nSPS) is 11.6. The number of benzene rings is 2. The second-order valence-corrected chi connectivity index (χ2v) is 7.19. The number of hydrogen-bond donors (Lipinski definition) is 1. The molecule has 0 aliphatic heterocycles. The Hall–Kier alpha value is -3.43. The highest BCUT2D eigenvalue weighted by Gasteiger charge is 2.23. The third-order valence-corrected chi connectivity index (χ3v) is 5.00. The van der Waals surface area contributed by atoms with Crippen LogP contribution in [-0.2, 0) is 4.74 Å². The van der Waals surface area contributed by atoms with E-state index in [4.69, 9.17) is 32.4 Å². The van der Waals surface area contributed by atoms with E-state index in [-0.39, 0.29) is 38.0 Å². The Kier molecular flexibility index (Phi) is 6.11. The third kappa shape index (κ3) is 4.17. The molecule has 0 spiro atoms. The summed E-state index contributed by atoms with van der Waals surface area (Å²) in [6.07, 6.45) is 3.88. The molecule has 0 unspecified atom stereocenters. The maximum Gasteiger partial charge on any atom is 0.387 e. The number of carbonyl (C=O) groups is 1. The number of carbonyl (C=O) groups excluding carboxylic acids is 1. The number of aliphatic imine (C=N–C) groups is 1. The summed E-state index contributed by atoms with van der Waals surface area (Å²) < 4.78 is 41.0. The third-order valence-electron chi connectivity index (χ3n) is 4.43. The van der Waals surface area contributed by atoms with Crippen LogP contribution in [0.3, 0.4) is 0 Å². The molecule has 4 rings (SSSR count). The quantitative estimate of drug-likeness (QED) is 0.253. The summed E-state index contributed by atoms with van der Waals surface area (Å²) in [4.78, 5) is 21.1. The van der Waals surface area contributed by atoms with E-state index in [1.54, 1.807) is 18.2 Å². The molecule has 2 aromatic heterocycles. The van der Waals surface area contributed by atoms with Gasteiger partial charge in [-0.25, -0.2) is 4.99 Å². The number of alkyl halides is 2. The summed E-state index contributed by atoms with van der Waals surface area (Å²) in [5.74, 6) is -0.813. The summed E-state index contributed by atoms with van der Waals surface area (Å²) in [6, 6.07) is 7.45. The van der Waals surface area contributed by atoms with Crippen molar-refractivity contribution in [3.05, 3.63) is 58.3 Å². The average Bonchev–Trinajstić information content (AvgIpc) is 3.14. The van der Waals surface area contributed by atoms with E-state index in [9.17, 15) is 13.6 Å². The molecule has 1 N–H and O–H groups in total. The lowest BCUT2D eigenvalue weighted by Gasteiger charge is -2.11. The van der Waals surface area contributed by atoms with E-state index in [1.165, 1.54) is 38.0 Å². The second-order valence-electron chi connectivity index (χ2n) is 6.38. The number of aromatic nitrogens is 1. The van der Waals surface area contributed by atoms with Crippen molar-refractivity contribution in [2.45, 2.75) is 6.61 Å². The van der Waals surface area contributed by atoms with Gasteiger partial charge < -0.3 is 19.2 Å². The van der Waals surface area contributed by atoms with E-state index in [0.29, 0.717) is 16.7 Å². The van der Waals surface area contributed by atoms with Gasteiger partial charge in [0.1, 0.15) is 5.58 Å². The van der Waals surface area contributed by atoms with E-state index in [0.717, 1.165) is 0 Å². The fraction of sp³-hybridized carbons (Fsp3) is 0.0952. The van der Waals surface area contributed by atoms with Gasteiger partial charge in [0, 0.05) is 23.2 Å². The van der Waals surface area contributed by atoms with Gasteiger partial charge in [-0.3, -0.25) is 9.78 Å². The molecular formula is C21H13Cl2F2N3O4. The number of fused-ring (bicyclic) bond motifs is 3. The van der Waals surface area contributed by atoms with Crippen molar-refractivity contribution < 1.29 is 27.5 Å². The smallest absolute Gasteiger partial charge is 0.387 e.